The fourth-order valence-electron chi connectivity index (χ4n) is 1.77. The number of hydrogen-bond acceptors (Lipinski definition) is 7. The third-order valence-corrected chi connectivity index (χ3v) is 2.81. The molecule has 0 saturated heterocycles. The molecule has 0 unspecified atom stereocenters. The standard InChI is InChI=1S/C10H8ClN5O4/c11-7-1-2-9(14-13-7)20-6-3-15-4-8(16(17)18)12-10(15)19-5-6/h1-2,4,6H,3,5H2/t6-/m0/s1. The van der Waals surface area contributed by atoms with Crippen molar-refractivity contribution >= 4 is 17.4 Å². The lowest BCUT2D eigenvalue weighted by atomic mass is 10.3. The van der Waals surface area contributed by atoms with Gasteiger partial charge < -0.3 is 19.6 Å². The number of aromatic nitrogens is 4. The van der Waals surface area contributed by atoms with Gasteiger partial charge in [0.15, 0.2) is 11.3 Å². The SMILES string of the molecule is O=[N+]([O-])c1cn2c(n1)OC[C@@H](Oc1ccc(Cl)nn1)C2. The average molecular weight is 298 g/mol. The lowest BCUT2D eigenvalue weighted by Crippen LogP contribution is -2.34. The maximum absolute atomic E-state index is 10.6. The third kappa shape index (κ3) is 2.48. The van der Waals surface area contributed by atoms with E-state index in [2.05, 4.69) is 15.2 Å². The number of hydrogen-bond donors (Lipinski definition) is 0. The first-order valence-corrected chi connectivity index (χ1v) is 6.00. The van der Waals surface area contributed by atoms with Crippen LogP contribution in [-0.2, 0) is 6.54 Å². The quantitative estimate of drug-likeness (QED) is 0.616. The zero-order chi connectivity index (χ0) is 14.1. The Kier molecular flexibility index (Phi) is 3.11. The molecule has 1 aliphatic heterocycles. The van der Waals surface area contributed by atoms with Crippen molar-refractivity contribution in [2.24, 2.45) is 0 Å². The molecule has 0 spiro atoms. The molecule has 3 rings (SSSR count). The van der Waals surface area contributed by atoms with Crippen LogP contribution in [0.2, 0.25) is 5.15 Å². The predicted molar refractivity (Wildman–Crippen MR) is 65.8 cm³/mol. The Balaban J connectivity index is 1.72. The van der Waals surface area contributed by atoms with Crippen LogP contribution in [-0.4, -0.2) is 37.4 Å². The van der Waals surface area contributed by atoms with Crippen LogP contribution in [0.1, 0.15) is 0 Å². The van der Waals surface area contributed by atoms with Gasteiger partial charge in [-0.3, -0.25) is 4.57 Å². The minimum atomic E-state index is -0.574. The Morgan fingerprint density at radius 3 is 3.05 bits per heavy atom. The summed E-state index contributed by atoms with van der Waals surface area (Å²) in [5.41, 5.74) is 0. The van der Waals surface area contributed by atoms with E-state index in [0.29, 0.717) is 12.4 Å². The molecule has 104 valence electrons. The number of rotatable bonds is 3. The summed E-state index contributed by atoms with van der Waals surface area (Å²) in [7, 11) is 0. The molecule has 0 saturated carbocycles. The van der Waals surface area contributed by atoms with E-state index in [1.165, 1.54) is 10.8 Å². The van der Waals surface area contributed by atoms with Crippen molar-refractivity contribution in [2.45, 2.75) is 12.6 Å². The highest BCUT2D eigenvalue weighted by molar-refractivity contribution is 6.29. The molecule has 20 heavy (non-hydrogen) atoms. The Morgan fingerprint density at radius 2 is 2.35 bits per heavy atom. The van der Waals surface area contributed by atoms with Gasteiger partial charge in [-0.2, -0.15) is 0 Å². The summed E-state index contributed by atoms with van der Waals surface area (Å²) in [5, 5.41) is 18.3. The Morgan fingerprint density at radius 1 is 1.50 bits per heavy atom. The topological polar surface area (TPSA) is 105 Å². The second-order valence-electron chi connectivity index (χ2n) is 4.04. The highest BCUT2D eigenvalue weighted by atomic mass is 35.5. The van der Waals surface area contributed by atoms with Gasteiger partial charge >= 0.3 is 11.8 Å². The molecule has 2 aromatic rings. The molecule has 0 bridgehead atoms. The molecular formula is C10H8ClN5O4. The molecule has 0 aromatic carbocycles. The van der Waals surface area contributed by atoms with Crippen molar-refractivity contribution in [3.63, 3.8) is 0 Å². The van der Waals surface area contributed by atoms with Gasteiger partial charge in [0.1, 0.15) is 12.8 Å². The molecule has 10 heteroatoms. The minimum absolute atomic E-state index is 0.207. The van der Waals surface area contributed by atoms with Crippen LogP contribution in [0.15, 0.2) is 18.3 Å². The largest absolute Gasteiger partial charge is 0.468 e. The molecule has 0 amide bonds. The maximum atomic E-state index is 10.6. The second-order valence-corrected chi connectivity index (χ2v) is 4.42. The zero-order valence-electron chi connectivity index (χ0n) is 9.97. The molecule has 0 fully saturated rings. The number of nitrogens with zero attached hydrogens (tertiary/aromatic N) is 5. The Bertz CT molecular complexity index is 644. The van der Waals surface area contributed by atoms with E-state index in [-0.39, 0.29) is 29.7 Å². The fourth-order valence-corrected chi connectivity index (χ4v) is 1.87. The van der Waals surface area contributed by atoms with E-state index in [9.17, 15) is 10.1 Å². The Labute approximate surface area is 117 Å². The highest BCUT2D eigenvalue weighted by Gasteiger charge is 2.29. The molecule has 3 heterocycles. The lowest BCUT2D eigenvalue weighted by molar-refractivity contribution is -0.389. The van der Waals surface area contributed by atoms with Crippen molar-refractivity contribution in [1.29, 1.82) is 0 Å². The van der Waals surface area contributed by atoms with Crippen LogP contribution < -0.4 is 9.47 Å². The first-order valence-electron chi connectivity index (χ1n) is 5.62. The maximum Gasteiger partial charge on any atom is 0.414 e. The van der Waals surface area contributed by atoms with Crippen molar-refractivity contribution in [3.05, 3.63) is 33.6 Å². The summed E-state index contributed by atoms with van der Waals surface area (Å²) in [4.78, 5) is 13.8. The van der Waals surface area contributed by atoms with Gasteiger partial charge in [-0.05, 0) is 11.0 Å². The van der Waals surface area contributed by atoms with Crippen LogP contribution in [0.5, 0.6) is 11.9 Å². The number of fused-ring (bicyclic) bond motifs is 1. The van der Waals surface area contributed by atoms with E-state index in [0.717, 1.165) is 0 Å². The summed E-state index contributed by atoms with van der Waals surface area (Å²) in [6.07, 6.45) is 0.963. The monoisotopic (exact) mass is 297 g/mol. The van der Waals surface area contributed by atoms with Crippen molar-refractivity contribution in [3.8, 4) is 11.9 Å². The number of imidazole rings is 1. The molecule has 1 atom stereocenters. The summed E-state index contributed by atoms with van der Waals surface area (Å²) in [6, 6.07) is 3.35. The molecule has 0 N–H and O–H groups in total. The average Bonchev–Trinajstić information content (AvgIpc) is 2.85. The van der Waals surface area contributed by atoms with Gasteiger partial charge in [0.05, 0.1) is 6.54 Å². The molecule has 2 aromatic heterocycles. The van der Waals surface area contributed by atoms with Crippen LogP contribution in [0.3, 0.4) is 0 Å². The Hall–Kier alpha value is -2.42. The van der Waals surface area contributed by atoms with Crippen LogP contribution >= 0.6 is 11.6 Å². The molecule has 9 nitrogen and oxygen atoms in total. The normalized spacial score (nSPS) is 17.1. The molecule has 0 aliphatic carbocycles. The van der Waals surface area contributed by atoms with Gasteiger partial charge in [0.25, 0.3) is 0 Å². The third-order valence-electron chi connectivity index (χ3n) is 2.61. The smallest absolute Gasteiger partial charge is 0.414 e. The van der Waals surface area contributed by atoms with E-state index in [4.69, 9.17) is 21.1 Å². The first-order chi connectivity index (χ1) is 9.61. The van der Waals surface area contributed by atoms with Crippen molar-refractivity contribution in [1.82, 2.24) is 19.7 Å². The van der Waals surface area contributed by atoms with Gasteiger partial charge in [0, 0.05) is 11.1 Å². The molecule has 0 radical (unpaired) electrons. The second kappa shape index (κ2) is 4.93. The lowest BCUT2D eigenvalue weighted by Gasteiger charge is -2.22. The van der Waals surface area contributed by atoms with Gasteiger partial charge in [-0.1, -0.05) is 11.6 Å². The van der Waals surface area contributed by atoms with Gasteiger partial charge in [-0.25, -0.2) is 0 Å². The summed E-state index contributed by atoms with van der Waals surface area (Å²) in [6.45, 7) is 0.596. The van der Waals surface area contributed by atoms with E-state index >= 15 is 0 Å². The molecule has 1 aliphatic rings. The van der Waals surface area contributed by atoms with Crippen molar-refractivity contribution < 1.29 is 14.4 Å². The highest BCUT2D eigenvalue weighted by Crippen LogP contribution is 2.23. The van der Waals surface area contributed by atoms with Crippen LogP contribution in [0.25, 0.3) is 0 Å². The summed E-state index contributed by atoms with van der Waals surface area (Å²) in [5.74, 6) is 0.0491. The summed E-state index contributed by atoms with van der Waals surface area (Å²) < 4.78 is 12.4. The predicted octanol–water partition coefficient (Wildman–Crippen LogP) is 1.07. The first kappa shape index (κ1) is 12.6. The number of nitro groups is 1. The number of ether oxygens (including phenoxy) is 2. The van der Waals surface area contributed by atoms with Gasteiger partial charge in [0.2, 0.25) is 5.88 Å². The molecular weight excluding hydrogens is 290 g/mol. The van der Waals surface area contributed by atoms with E-state index in [1.54, 1.807) is 12.1 Å². The number of halogens is 1. The van der Waals surface area contributed by atoms with Gasteiger partial charge in [-0.15, -0.1) is 10.2 Å². The van der Waals surface area contributed by atoms with Crippen LogP contribution in [0, 0.1) is 10.1 Å². The van der Waals surface area contributed by atoms with Crippen molar-refractivity contribution in [2.75, 3.05) is 6.61 Å². The van der Waals surface area contributed by atoms with E-state index < -0.39 is 4.92 Å². The zero-order valence-corrected chi connectivity index (χ0v) is 10.7. The van der Waals surface area contributed by atoms with Crippen LogP contribution in [0.4, 0.5) is 5.82 Å². The fraction of sp³-hybridized carbons (Fsp3) is 0.300. The minimum Gasteiger partial charge on any atom is -0.468 e. The summed E-state index contributed by atoms with van der Waals surface area (Å²) >= 11 is 5.62. The van der Waals surface area contributed by atoms with E-state index in [1.807, 2.05) is 0 Å².